The highest BCUT2D eigenvalue weighted by atomic mass is 32.2. The zero-order valence-electron chi connectivity index (χ0n) is 17.2. The first-order chi connectivity index (χ1) is 14.7. The van der Waals surface area contributed by atoms with Crippen molar-refractivity contribution in [3.63, 3.8) is 0 Å². The number of carbonyl (C=O) groups is 1. The van der Waals surface area contributed by atoms with Crippen LogP contribution in [0.1, 0.15) is 38.5 Å². The highest BCUT2D eigenvalue weighted by molar-refractivity contribution is 7.94. The Morgan fingerprint density at radius 1 is 0.806 bits per heavy atom. The molecule has 164 valence electrons. The van der Waals surface area contributed by atoms with E-state index in [1.807, 2.05) is 0 Å². The smallest absolute Gasteiger partial charge is 0.191 e. The summed E-state index contributed by atoms with van der Waals surface area (Å²) in [5, 5.41) is -1.10. The summed E-state index contributed by atoms with van der Waals surface area (Å²) >= 11 is 0. The zero-order chi connectivity index (χ0) is 22.3. The predicted octanol–water partition coefficient (Wildman–Crippen LogP) is 4.15. The molecule has 2 aliphatic carbocycles. The SMILES string of the molecule is C=C1C[C@@]2(S(=O)(=O)c3ccccc3)C(=O)CCCCC[C@H]2[C@H]1S(=O)(=O)c1ccccc1. The highest BCUT2D eigenvalue weighted by Gasteiger charge is 2.65. The average molecular weight is 459 g/mol. The summed E-state index contributed by atoms with van der Waals surface area (Å²) < 4.78 is 53.4. The maximum Gasteiger partial charge on any atom is 0.191 e. The molecule has 31 heavy (non-hydrogen) atoms. The Kier molecular flexibility index (Phi) is 5.68. The number of carbonyl (C=O) groups excluding carboxylic acids is 1. The predicted molar refractivity (Wildman–Crippen MR) is 119 cm³/mol. The Balaban J connectivity index is 1.94. The van der Waals surface area contributed by atoms with Gasteiger partial charge in [0.15, 0.2) is 25.5 Å². The van der Waals surface area contributed by atoms with Gasteiger partial charge in [-0.1, -0.05) is 61.4 Å². The molecule has 2 aromatic rings. The lowest BCUT2D eigenvalue weighted by molar-refractivity contribution is -0.122. The van der Waals surface area contributed by atoms with E-state index >= 15 is 0 Å². The molecule has 2 aromatic carbocycles. The van der Waals surface area contributed by atoms with Gasteiger partial charge in [0, 0.05) is 12.3 Å². The largest absolute Gasteiger partial charge is 0.298 e. The van der Waals surface area contributed by atoms with Crippen LogP contribution in [-0.4, -0.2) is 32.6 Å². The number of sulfone groups is 2. The van der Waals surface area contributed by atoms with Crippen LogP contribution in [0.15, 0.2) is 82.6 Å². The summed E-state index contributed by atoms with van der Waals surface area (Å²) in [5.41, 5.74) is 0.309. The van der Waals surface area contributed by atoms with Crippen LogP contribution in [0.3, 0.4) is 0 Å². The zero-order valence-corrected chi connectivity index (χ0v) is 18.9. The number of benzene rings is 2. The van der Waals surface area contributed by atoms with E-state index in [0.29, 0.717) is 24.8 Å². The molecular weight excluding hydrogens is 432 g/mol. The molecule has 0 aromatic heterocycles. The van der Waals surface area contributed by atoms with Gasteiger partial charge in [-0.15, -0.1) is 0 Å². The molecule has 0 saturated heterocycles. The van der Waals surface area contributed by atoms with Crippen molar-refractivity contribution in [1.82, 2.24) is 0 Å². The number of Topliss-reactive ketones (excluding diaryl/α,β-unsaturated/α-hetero) is 1. The fourth-order valence-electron chi connectivity index (χ4n) is 5.27. The summed E-state index contributed by atoms with van der Waals surface area (Å²) in [6, 6.07) is 15.9. The molecule has 0 radical (unpaired) electrons. The van der Waals surface area contributed by atoms with Crippen molar-refractivity contribution in [3.8, 4) is 0 Å². The minimum atomic E-state index is -4.13. The van der Waals surface area contributed by atoms with E-state index in [1.54, 1.807) is 36.4 Å². The standard InChI is InChI=1S/C24H26O5S2/c1-18-17-24(31(28,29)20-13-7-3-8-14-20)21(15-9-4-10-16-22(24)25)23(18)30(26,27)19-11-5-2-6-12-19/h2-3,5-8,11-14,21,23H,1,4,9-10,15-17H2/t21-,23-,24-/m0/s1. The molecule has 2 aliphatic rings. The van der Waals surface area contributed by atoms with Crippen molar-refractivity contribution in [2.24, 2.45) is 5.92 Å². The summed E-state index contributed by atoms with van der Waals surface area (Å²) in [4.78, 5) is 13.7. The molecule has 0 amide bonds. The minimum absolute atomic E-state index is 0.0551. The third-order valence-electron chi connectivity index (χ3n) is 6.69. The molecule has 4 rings (SSSR count). The lowest BCUT2D eigenvalue weighted by atomic mass is 9.82. The van der Waals surface area contributed by atoms with Crippen LogP contribution < -0.4 is 0 Å². The van der Waals surface area contributed by atoms with E-state index < -0.39 is 35.6 Å². The van der Waals surface area contributed by atoms with Crippen LogP contribution in [0.25, 0.3) is 0 Å². The van der Waals surface area contributed by atoms with Crippen LogP contribution in [0.4, 0.5) is 0 Å². The second-order valence-corrected chi connectivity index (χ2v) is 12.7. The molecule has 0 N–H and O–H groups in total. The van der Waals surface area contributed by atoms with Crippen LogP contribution in [0.5, 0.6) is 0 Å². The number of fused-ring (bicyclic) bond motifs is 1. The molecule has 0 heterocycles. The van der Waals surface area contributed by atoms with Gasteiger partial charge in [0.05, 0.1) is 15.0 Å². The summed E-state index contributed by atoms with van der Waals surface area (Å²) in [6.07, 6.45) is 2.40. The second kappa shape index (κ2) is 8.02. The van der Waals surface area contributed by atoms with Crippen LogP contribution in [0.2, 0.25) is 0 Å². The number of hydrogen-bond donors (Lipinski definition) is 0. The van der Waals surface area contributed by atoms with Crippen molar-refractivity contribution in [2.45, 2.75) is 58.3 Å². The molecule has 3 atom stereocenters. The number of hydrogen-bond acceptors (Lipinski definition) is 5. The van der Waals surface area contributed by atoms with Gasteiger partial charge in [-0.25, -0.2) is 16.8 Å². The molecule has 5 nitrogen and oxygen atoms in total. The Hall–Kier alpha value is -2.25. The first kappa shape index (κ1) is 22.0. The summed E-state index contributed by atoms with van der Waals surface area (Å²) in [6.45, 7) is 4.00. The first-order valence-electron chi connectivity index (χ1n) is 10.5. The molecule has 0 unspecified atom stereocenters. The lowest BCUT2D eigenvalue weighted by Crippen LogP contribution is -2.52. The van der Waals surface area contributed by atoms with Crippen LogP contribution in [-0.2, 0) is 24.5 Å². The number of ketones is 1. The quantitative estimate of drug-likeness (QED) is 0.643. The fraction of sp³-hybridized carbons (Fsp3) is 0.375. The van der Waals surface area contributed by atoms with Gasteiger partial charge >= 0.3 is 0 Å². The minimum Gasteiger partial charge on any atom is -0.298 e. The van der Waals surface area contributed by atoms with Crippen molar-refractivity contribution in [3.05, 3.63) is 72.8 Å². The second-order valence-electron chi connectivity index (χ2n) is 8.45. The van der Waals surface area contributed by atoms with Gasteiger partial charge in [-0.3, -0.25) is 4.79 Å². The average Bonchev–Trinajstić information content (AvgIpc) is 3.07. The van der Waals surface area contributed by atoms with Crippen molar-refractivity contribution in [1.29, 1.82) is 0 Å². The van der Waals surface area contributed by atoms with Gasteiger partial charge < -0.3 is 0 Å². The first-order valence-corrected chi connectivity index (χ1v) is 13.6. The molecule has 0 aliphatic heterocycles. The Labute approximate surface area is 184 Å². The molecule has 2 saturated carbocycles. The molecule has 0 spiro atoms. The third-order valence-corrected chi connectivity index (χ3v) is 11.5. The molecule has 2 fully saturated rings. The fourth-order valence-corrected chi connectivity index (χ4v) is 9.88. The lowest BCUT2D eigenvalue weighted by Gasteiger charge is -2.36. The van der Waals surface area contributed by atoms with Gasteiger partial charge in [0.1, 0.15) is 4.75 Å². The van der Waals surface area contributed by atoms with Gasteiger partial charge in [-0.2, -0.15) is 0 Å². The monoisotopic (exact) mass is 458 g/mol. The molecule has 0 bridgehead atoms. The molecule has 7 heteroatoms. The van der Waals surface area contributed by atoms with E-state index in [-0.39, 0.29) is 28.4 Å². The van der Waals surface area contributed by atoms with E-state index in [2.05, 4.69) is 6.58 Å². The normalized spacial score (nSPS) is 27.4. The van der Waals surface area contributed by atoms with Crippen molar-refractivity contribution in [2.75, 3.05) is 0 Å². The number of rotatable bonds is 4. The maximum atomic E-state index is 14.0. The Bertz CT molecular complexity index is 1200. The summed E-state index contributed by atoms with van der Waals surface area (Å²) in [7, 11) is -8.04. The van der Waals surface area contributed by atoms with Gasteiger partial charge in [0.2, 0.25) is 0 Å². The van der Waals surface area contributed by atoms with E-state index in [1.165, 1.54) is 24.3 Å². The molecular formula is C24H26O5S2. The van der Waals surface area contributed by atoms with Gasteiger partial charge in [0.25, 0.3) is 0 Å². The van der Waals surface area contributed by atoms with Crippen LogP contribution in [0, 0.1) is 5.92 Å². The van der Waals surface area contributed by atoms with E-state index in [4.69, 9.17) is 0 Å². The van der Waals surface area contributed by atoms with Crippen LogP contribution >= 0.6 is 0 Å². The maximum absolute atomic E-state index is 14.0. The third kappa shape index (κ3) is 3.38. The van der Waals surface area contributed by atoms with Crippen molar-refractivity contribution < 1.29 is 21.6 Å². The van der Waals surface area contributed by atoms with E-state index in [9.17, 15) is 21.6 Å². The summed E-state index contributed by atoms with van der Waals surface area (Å²) in [5.74, 6) is -1.24. The Morgan fingerprint density at radius 2 is 1.39 bits per heavy atom. The van der Waals surface area contributed by atoms with Gasteiger partial charge in [-0.05, 0) is 43.5 Å². The Morgan fingerprint density at radius 3 is 2.00 bits per heavy atom. The topological polar surface area (TPSA) is 85.3 Å². The van der Waals surface area contributed by atoms with E-state index in [0.717, 1.165) is 6.42 Å². The van der Waals surface area contributed by atoms with Crippen molar-refractivity contribution >= 4 is 25.5 Å². The highest BCUT2D eigenvalue weighted by Crippen LogP contribution is 2.54.